The van der Waals surface area contributed by atoms with Crippen LogP contribution in [0.4, 0.5) is 13.2 Å². The topological polar surface area (TPSA) is 37.9 Å². The monoisotopic (exact) mass is 380 g/mol. The minimum Gasteiger partial charge on any atom is -0.455 e. The van der Waals surface area contributed by atoms with Crippen LogP contribution in [0.25, 0.3) is 11.0 Å². The minimum absolute atomic E-state index is 0.00768. The first-order chi connectivity index (χ1) is 10.8. The van der Waals surface area contributed by atoms with Crippen LogP contribution >= 0.6 is 34.8 Å². The van der Waals surface area contributed by atoms with E-state index in [0.717, 1.165) is 0 Å². The number of H-pyrrole nitrogens is 1. The fourth-order valence-electron chi connectivity index (χ4n) is 1.95. The molecule has 0 bridgehead atoms. The molecule has 0 aliphatic carbocycles. The Morgan fingerprint density at radius 3 is 2.48 bits per heavy atom. The van der Waals surface area contributed by atoms with Crippen LogP contribution in [-0.4, -0.2) is 9.97 Å². The van der Waals surface area contributed by atoms with Crippen molar-refractivity contribution in [1.29, 1.82) is 0 Å². The number of aromatic amines is 1. The van der Waals surface area contributed by atoms with Crippen LogP contribution in [0.2, 0.25) is 15.1 Å². The molecular formula is C14H6Cl3F3N2O. The summed E-state index contributed by atoms with van der Waals surface area (Å²) in [6, 6.07) is 7.70. The Labute approximate surface area is 142 Å². The summed E-state index contributed by atoms with van der Waals surface area (Å²) in [6.07, 6.45) is -4.65. The van der Waals surface area contributed by atoms with E-state index in [-0.39, 0.29) is 26.8 Å². The summed E-state index contributed by atoms with van der Waals surface area (Å²) in [4.78, 5) is 5.63. The zero-order valence-electron chi connectivity index (χ0n) is 11.0. The average molecular weight is 382 g/mol. The molecule has 1 heterocycles. The fraction of sp³-hybridized carbons (Fsp3) is 0.0714. The van der Waals surface area contributed by atoms with Gasteiger partial charge in [-0.15, -0.1) is 0 Å². The number of hydrogen-bond acceptors (Lipinski definition) is 2. The largest absolute Gasteiger partial charge is 0.455 e. The average Bonchev–Trinajstić information content (AvgIpc) is 2.90. The number of nitrogens with zero attached hydrogens (tertiary/aromatic N) is 1. The van der Waals surface area contributed by atoms with Crippen molar-refractivity contribution >= 4 is 45.8 Å². The van der Waals surface area contributed by atoms with Gasteiger partial charge in [0.05, 0.1) is 10.0 Å². The van der Waals surface area contributed by atoms with Crippen LogP contribution in [0.3, 0.4) is 0 Å². The lowest BCUT2D eigenvalue weighted by molar-refractivity contribution is -0.144. The van der Waals surface area contributed by atoms with Gasteiger partial charge in [0.15, 0.2) is 5.75 Å². The van der Waals surface area contributed by atoms with Crippen molar-refractivity contribution in [3.8, 4) is 11.5 Å². The van der Waals surface area contributed by atoms with Crippen molar-refractivity contribution in [2.24, 2.45) is 0 Å². The highest BCUT2D eigenvalue weighted by Gasteiger charge is 2.35. The molecule has 1 aromatic heterocycles. The molecule has 3 rings (SSSR count). The Morgan fingerprint density at radius 2 is 1.83 bits per heavy atom. The number of nitrogens with one attached hydrogen (secondary N) is 1. The highest BCUT2D eigenvalue weighted by Crippen LogP contribution is 2.40. The van der Waals surface area contributed by atoms with E-state index >= 15 is 0 Å². The first kappa shape index (κ1) is 16.2. The van der Waals surface area contributed by atoms with Crippen LogP contribution in [0.5, 0.6) is 11.5 Å². The first-order valence-corrected chi connectivity index (χ1v) is 7.27. The van der Waals surface area contributed by atoms with Gasteiger partial charge >= 0.3 is 6.18 Å². The molecule has 0 radical (unpaired) electrons. The van der Waals surface area contributed by atoms with Crippen molar-refractivity contribution in [1.82, 2.24) is 9.97 Å². The van der Waals surface area contributed by atoms with Gasteiger partial charge in [-0.3, -0.25) is 0 Å². The Morgan fingerprint density at radius 1 is 1.09 bits per heavy atom. The number of benzene rings is 2. The maximum atomic E-state index is 12.8. The predicted molar refractivity (Wildman–Crippen MR) is 82.6 cm³/mol. The summed E-state index contributed by atoms with van der Waals surface area (Å²) in [6.45, 7) is 0. The number of aromatic nitrogens is 2. The Kier molecular flexibility index (Phi) is 4.08. The fourth-order valence-corrected chi connectivity index (χ4v) is 2.51. The zero-order chi connectivity index (χ0) is 16.8. The van der Waals surface area contributed by atoms with E-state index in [0.29, 0.717) is 10.8 Å². The third-order valence-electron chi connectivity index (χ3n) is 2.92. The van der Waals surface area contributed by atoms with E-state index in [9.17, 15) is 13.2 Å². The SMILES string of the molecule is FC(F)(F)c1nc2c(Cl)c(Cl)cc(Oc3cccc(Cl)c3)c2[nH]1. The highest BCUT2D eigenvalue weighted by molar-refractivity contribution is 6.45. The molecular weight excluding hydrogens is 376 g/mol. The van der Waals surface area contributed by atoms with Crippen LogP contribution in [-0.2, 0) is 6.18 Å². The van der Waals surface area contributed by atoms with Gasteiger partial charge < -0.3 is 9.72 Å². The van der Waals surface area contributed by atoms with E-state index in [1.807, 2.05) is 0 Å². The summed E-state index contributed by atoms with van der Waals surface area (Å²) in [7, 11) is 0. The van der Waals surface area contributed by atoms with Crippen molar-refractivity contribution in [3.05, 3.63) is 51.2 Å². The normalized spacial score (nSPS) is 11.9. The van der Waals surface area contributed by atoms with Crippen molar-refractivity contribution < 1.29 is 17.9 Å². The standard InChI is InChI=1S/C14H6Cl3F3N2O/c15-6-2-1-3-7(4-6)23-9-5-8(16)10(17)12-11(9)21-13(22-12)14(18,19)20/h1-5H,(H,21,22). The summed E-state index contributed by atoms with van der Waals surface area (Å²) in [5.41, 5.74) is -0.129. The molecule has 0 fully saturated rings. The number of ether oxygens (including phenoxy) is 1. The third kappa shape index (κ3) is 3.20. The number of hydrogen-bond donors (Lipinski definition) is 1. The van der Waals surface area contributed by atoms with E-state index < -0.39 is 12.0 Å². The molecule has 0 saturated carbocycles. The van der Waals surface area contributed by atoms with Crippen LogP contribution in [0.1, 0.15) is 5.82 Å². The van der Waals surface area contributed by atoms with Gasteiger partial charge in [-0.2, -0.15) is 13.2 Å². The lowest BCUT2D eigenvalue weighted by Gasteiger charge is -2.08. The molecule has 3 nitrogen and oxygen atoms in total. The quantitative estimate of drug-likeness (QED) is 0.563. The minimum atomic E-state index is -4.65. The Balaban J connectivity index is 2.16. The second-order valence-corrected chi connectivity index (χ2v) is 5.76. The number of imidazole rings is 1. The van der Waals surface area contributed by atoms with Gasteiger partial charge in [-0.05, 0) is 18.2 Å². The van der Waals surface area contributed by atoms with E-state index in [4.69, 9.17) is 39.5 Å². The number of alkyl halides is 3. The number of rotatable bonds is 2. The summed E-state index contributed by atoms with van der Waals surface area (Å²) in [5.74, 6) is -0.798. The molecule has 2 aromatic carbocycles. The molecule has 3 aromatic rings. The molecule has 0 amide bonds. The molecule has 0 aliphatic rings. The number of fused-ring (bicyclic) bond motifs is 1. The van der Waals surface area contributed by atoms with E-state index in [1.165, 1.54) is 12.1 Å². The molecule has 1 N–H and O–H groups in total. The number of halogens is 6. The Hall–Kier alpha value is -1.63. The lowest BCUT2D eigenvalue weighted by Crippen LogP contribution is -2.06. The summed E-state index contributed by atoms with van der Waals surface area (Å²) < 4.78 is 44.1. The molecule has 0 aliphatic heterocycles. The molecule has 120 valence electrons. The second-order valence-electron chi connectivity index (χ2n) is 4.54. The molecule has 0 unspecified atom stereocenters. The first-order valence-electron chi connectivity index (χ1n) is 6.14. The van der Waals surface area contributed by atoms with Gasteiger partial charge in [0.1, 0.15) is 16.8 Å². The lowest BCUT2D eigenvalue weighted by atomic mass is 10.3. The van der Waals surface area contributed by atoms with E-state index in [1.54, 1.807) is 18.2 Å². The Bertz CT molecular complexity index is 893. The van der Waals surface area contributed by atoms with Gasteiger partial charge in [0.25, 0.3) is 0 Å². The highest BCUT2D eigenvalue weighted by atomic mass is 35.5. The van der Waals surface area contributed by atoms with Gasteiger partial charge in [-0.1, -0.05) is 40.9 Å². The second kappa shape index (κ2) is 5.78. The summed E-state index contributed by atoms with van der Waals surface area (Å²) in [5, 5.41) is 0.350. The van der Waals surface area contributed by atoms with Crippen LogP contribution in [0, 0.1) is 0 Å². The molecule has 0 saturated heterocycles. The van der Waals surface area contributed by atoms with Crippen molar-refractivity contribution in [2.45, 2.75) is 6.18 Å². The van der Waals surface area contributed by atoms with Gasteiger partial charge in [0, 0.05) is 11.1 Å². The maximum absolute atomic E-state index is 12.8. The van der Waals surface area contributed by atoms with Crippen LogP contribution < -0.4 is 4.74 Å². The molecule has 9 heteroatoms. The van der Waals surface area contributed by atoms with Gasteiger partial charge in [-0.25, -0.2) is 4.98 Å². The summed E-state index contributed by atoms with van der Waals surface area (Å²) >= 11 is 17.7. The van der Waals surface area contributed by atoms with Crippen molar-refractivity contribution in [3.63, 3.8) is 0 Å². The van der Waals surface area contributed by atoms with E-state index in [2.05, 4.69) is 9.97 Å². The predicted octanol–water partition coefficient (Wildman–Crippen LogP) is 6.33. The van der Waals surface area contributed by atoms with Crippen LogP contribution in [0.15, 0.2) is 30.3 Å². The molecule has 0 spiro atoms. The molecule has 23 heavy (non-hydrogen) atoms. The smallest absolute Gasteiger partial charge is 0.449 e. The van der Waals surface area contributed by atoms with Crippen molar-refractivity contribution in [2.75, 3.05) is 0 Å². The molecule has 0 atom stereocenters. The van der Waals surface area contributed by atoms with Gasteiger partial charge in [0.2, 0.25) is 5.82 Å². The maximum Gasteiger partial charge on any atom is 0.449 e. The third-order valence-corrected chi connectivity index (χ3v) is 3.93. The zero-order valence-corrected chi connectivity index (χ0v) is 13.3.